The minimum Gasteiger partial charge on any atom is -0.490 e. The van der Waals surface area contributed by atoms with Crippen molar-refractivity contribution in [2.24, 2.45) is 0 Å². The number of ether oxygens (including phenoxy) is 1. The molecule has 28 heavy (non-hydrogen) atoms. The summed E-state index contributed by atoms with van der Waals surface area (Å²) in [7, 11) is 1.29. The lowest BCUT2D eigenvalue weighted by molar-refractivity contribution is -0.385. The number of imide groups is 2. The summed E-state index contributed by atoms with van der Waals surface area (Å²) in [4.78, 5) is 48.5. The molecule has 0 bridgehead atoms. The first-order valence-corrected chi connectivity index (χ1v) is 8.60. The zero-order valence-corrected chi connectivity index (χ0v) is 15.9. The van der Waals surface area contributed by atoms with Gasteiger partial charge in [0.2, 0.25) is 0 Å². The van der Waals surface area contributed by atoms with Crippen LogP contribution in [0.3, 0.4) is 0 Å². The topological polar surface area (TPSA) is 119 Å². The Kier molecular flexibility index (Phi) is 5.23. The van der Waals surface area contributed by atoms with E-state index in [1.54, 1.807) is 18.2 Å². The molecular weight excluding hydrogens is 434 g/mol. The lowest BCUT2D eigenvalue weighted by atomic mass is 10.1. The number of nitro benzene ring substituents is 1. The van der Waals surface area contributed by atoms with E-state index in [1.807, 2.05) is 0 Å². The molecule has 0 aromatic heterocycles. The molecule has 0 atom stereocenters. The second-order valence-electron chi connectivity index (χ2n) is 5.63. The van der Waals surface area contributed by atoms with Crippen molar-refractivity contribution in [3.8, 4) is 5.75 Å². The Morgan fingerprint density at radius 3 is 2.57 bits per heavy atom. The zero-order chi connectivity index (χ0) is 20.4. The minimum absolute atomic E-state index is 0.0394. The molecule has 1 N–H and O–H groups in total. The molecule has 0 aliphatic carbocycles. The van der Waals surface area contributed by atoms with Gasteiger partial charge in [0.1, 0.15) is 5.57 Å². The van der Waals surface area contributed by atoms with Crippen LogP contribution in [0.15, 0.2) is 52.5 Å². The molecule has 3 rings (SSSR count). The number of nitrogens with one attached hydrogen (secondary N) is 1. The fraction of sp³-hybridized carbons (Fsp3) is 0.0556. The number of amides is 4. The van der Waals surface area contributed by atoms with Gasteiger partial charge in [-0.25, -0.2) is 9.69 Å². The van der Waals surface area contributed by atoms with E-state index in [0.717, 1.165) is 4.90 Å². The van der Waals surface area contributed by atoms with E-state index >= 15 is 0 Å². The van der Waals surface area contributed by atoms with E-state index in [0.29, 0.717) is 4.47 Å². The van der Waals surface area contributed by atoms with Crippen molar-refractivity contribution < 1.29 is 24.0 Å². The smallest absolute Gasteiger partial charge is 0.335 e. The Balaban J connectivity index is 2.04. The average Bonchev–Trinajstić information content (AvgIpc) is 2.65. The van der Waals surface area contributed by atoms with Crippen LogP contribution in [-0.4, -0.2) is 29.9 Å². The number of nitrogens with zero attached hydrogens (tertiary/aromatic N) is 2. The maximum atomic E-state index is 12.8. The zero-order valence-electron chi connectivity index (χ0n) is 14.3. The van der Waals surface area contributed by atoms with Gasteiger partial charge in [0.15, 0.2) is 5.75 Å². The van der Waals surface area contributed by atoms with Gasteiger partial charge in [-0.05, 0) is 35.9 Å². The highest BCUT2D eigenvalue weighted by molar-refractivity contribution is 9.10. The third kappa shape index (κ3) is 3.62. The first-order chi connectivity index (χ1) is 13.3. The second-order valence-corrected chi connectivity index (χ2v) is 6.54. The van der Waals surface area contributed by atoms with Crippen molar-refractivity contribution in [2.75, 3.05) is 12.0 Å². The molecule has 4 amide bonds. The monoisotopic (exact) mass is 445 g/mol. The summed E-state index contributed by atoms with van der Waals surface area (Å²) in [6, 6.07) is 9.53. The number of nitro groups is 1. The highest BCUT2D eigenvalue weighted by atomic mass is 79.9. The van der Waals surface area contributed by atoms with E-state index in [-0.39, 0.29) is 28.3 Å². The Hall–Kier alpha value is -3.53. The molecule has 1 aliphatic rings. The van der Waals surface area contributed by atoms with Gasteiger partial charge in [-0.2, -0.15) is 0 Å². The molecule has 1 aliphatic heterocycles. The van der Waals surface area contributed by atoms with Gasteiger partial charge in [-0.1, -0.05) is 28.1 Å². The SMILES string of the molecule is COc1ccc(/C=C2/C(=O)NC(=O)N(c3cccc(Br)c3)C2=O)cc1[N+](=O)[O-]. The third-order valence-electron chi connectivity index (χ3n) is 3.88. The summed E-state index contributed by atoms with van der Waals surface area (Å²) >= 11 is 3.26. The molecule has 0 unspecified atom stereocenters. The van der Waals surface area contributed by atoms with Crippen LogP contribution in [0.25, 0.3) is 6.08 Å². The first-order valence-electron chi connectivity index (χ1n) is 7.81. The van der Waals surface area contributed by atoms with Crippen LogP contribution in [0, 0.1) is 10.1 Å². The number of benzene rings is 2. The normalized spacial score (nSPS) is 15.6. The van der Waals surface area contributed by atoms with Crippen LogP contribution < -0.4 is 15.0 Å². The number of halogens is 1. The molecule has 1 heterocycles. The molecule has 142 valence electrons. The molecule has 1 fully saturated rings. The molecule has 0 spiro atoms. The fourth-order valence-electron chi connectivity index (χ4n) is 2.61. The quantitative estimate of drug-likeness (QED) is 0.334. The van der Waals surface area contributed by atoms with E-state index in [4.69, 9.17) is 4.74 Å². The lowest BCUT2D eigenvalue weighted by Crippen LogP contribution is -2.54. The van der Waals surface area contributed by atoms with Gasteiger partial charge in [0.05, 0.1) is 17.7 Å². The van der Waals surface area contributed by atoms with Crippen molar-refractivity contribution in [1.29, 1.82) is 0 Å². The largest absolute Gasteiger partial charge is 0.490 e. The molecule has 2 aromatic carbocycles. The summed E-state index contributed by atoms with van der Waals surface area (Å²) in [5.74, 6) is -1.69. The van der Waals surface area contributed by atoms with Crippen LogP contribution >= 0.6 is 15.9 Å². The molecule has 0 saturated carbocycles. The summed E-state index contributed by atoms with van der Waals surface area (Å²) in [5.41, 5.74) is -0.162. The Bertz CT molecular complexity index is 1050. The van der Waals surface area contributed by atoms with E-state index < -0.39 is 22.8 Å². The number of methoxy groups -OCH3 is 1. The number of anilines is 1. The van der Waals surface area contributed by atoms with Crippen molar-refractivity contribution in [3.63, 3.8) is 0 Å². The van der Waals surface area contributed by atoms with E-state index in [1.165, 1.54) is 37.5 Å². The van der Waals surface area contributed by atoms with Crippen molar-refractivity contribution in [2.45, 2.75) is 0 Å². The molecule has 9 nitrogen and oxygen atoms in total. The number of carbonyl (C=O) groups is 3. The highest BCUT2D eigenvalue weighted by Gasteiger charge is 2.37. The number of hydrogen-bond donors (Lipinski definition) is 1. The highest BCUT2D eigenvalue weighted by Crippen LogP contribution is 2.29. The number of urea groups is 1. The maximum absolute atomic E-state index is 12.8. The van der Waals surface area contributed by atoms with Gasteiger partial charge in [0.25, 0.3) is 11.8 Å². The van der Waals surface area contributed by atoms with E-state index in [2.05, 4.69) is 21.2 Å². The van der Waals surface area contributed by atoms with Gasteiger partial charge < -0.3 is 4.74 Å². The average molecular weight is 446 g/mol. The van der Waals surface area contributed by atoms with Gasteiger partial charge in [-0.15, -0.1) is 0 Å². The van der Waals surface area contributed by atoms with Crippen LogP contribution in [0.4, 0.5) is 16.2 Å². The summed E-state index contributed by atoms with van der Waals surface area (Å²) in [6.07, 6.45) is 1.18. The Labute approximate surface area is 166 Å². The van der Waals surface area contributed by atoms with Crippen molar-refractivity contribution in [3.05, 3.63) is 68.2 Å². The number of barbiturate groups is 1. The maximum Gasteiger partial charge on any atom is 0.335 e. The summed E-state index contributed by atoms with van der Waals surface area (Å²) in [5, 5.41) is 13.3. The molecular formula is C18H12BrN3O6. The molecule has 0 radical (unpaired) electrons. The van der Waals surface area contributed by atoms with Crippen LogP contribution in [-0.2, 0) is 9.59 Å². The minimum atomic E-state index is -0.889. The molecule has 2 aromatic rings. The number of carbonyl (C=O) groups excluding carboxylic acids is 3. The van der Waals surface area contributed by atoms with Gasteiger partial charge >= 0.3 is 11.7 Å². The molecule has 10 heteroatoms. The third-order valence-corrected chi connectivity index (χ3v) is 4.37. The van der Waals surface area contributed by atoms with Crippen molar-refractivity contribution in [1.82, 2.24) is 5.32 Å². The summed E-state index contributed by atoms with van der Waals surface area (Å²) < 4.78 is 5.57. The van der Waals surface area contributed by atoms with Crippen LogP contribution in [0.2, 0.25) is 0 Å². The standard InChI is InChI=1S/C18H12BrN3O6/c1-28-15-6-5-10(8-14(15)22(26)27)7-13-16(23)20-18(25)21(17(13)24)12-4-2-3-11(19)9-12/h2-9H,1H3,(H,20,23,25)/b13-7-. The lowest BCUT2D eigenvalue weighted by Gasteiger charge is -2.26. The number of hydrogen-bond acceptors (Lipinski definition) is 6. The van der Waals surface area contributed by atoms with Gasteiger partial charge in [0, 0.05) is 10.5 Å². The van der Waals surface area contributed by atoms with Gasteiger partial charge in [-0.3, -0.25) is 25.0 Å². The Morgan fingerprint density at radius 2 is 1.93 bits per heavy atom. The summed E-state index contributed by atoms with van der Waals surface area (Å²) in [6.45, 7) is 0. The molecule has 1 saturated heterocycles. The predicted molar refractivity (Wildman–Crippen MR) is 103 cm³/mol. The van der Waals surface area contributed by atoms with Crippen LogP contribution in [0.1, 0.15) is 5.56 Å². The van der Waals surface area contributed by atoms with Crippen molar-refractivity contribution >= 4 is 51.2 Å². The fourth-order valence-corrected chi connectivity index (χ4v) is 3.00. The second kappa shape index (κ2) is 7.61. The first kappa shape index (κ1) is 19.2. The number of rotatable bonds is 4. The Morgan fingerprint density at radius 1 is 1.18 bits per heavy atom. The predicted octanol–water partition coefficient (Wildman–Crippen LogP) is 3.03. The van der Waals surface area contributed by atoms with Crippen LogP contribution in [0.5, 0.6) is 5.75 Å². The van der Waals surface area contributed by atoms with E-state index in [9.17, 15) is 24.5 Å².